The normalized spacial score (nSPS) is 10.8. The fourth-order valence-corrected chi connectivity index (χ4v) is 1.99. The minimum Gasteiger partial charge on any atom is -0.385 e. The second-order valence-corrected chi connectivity index (χ2v) is 4.99. The van der Waals surface area contributed by atoms with E-state index in [4.69, 9.17) is 5.73 Å². The number of aromatic nitrogens is 1. The molecule has 5 heteroatoms. The van der Waals surface area contributed by atoms with Crippen LogP contribution in [0.1, 0.15) is 38.8 Å². The van der Waals surface area contributed by atoms with Crippen LogP contribution in [0.5, 0.6) is 0 Å². The molecular formula is C15H26N4O. The zero-order chi connectivity index (χ0) is 14.8. The van der Waals surface area contributed by atoms with Crippen LogP contribution in [-0.4, -0.2) is 35.4 Å². The van der Waals surface area contributed by atoms with Gasteiger partial charge in [-0.1, -0.05) is 20.3 Å². The third-order valence-electron chi connectivity index (χ3n) is 2.99. The van der Waals surface area contributed by atoms with E-state index in [9.17, 15) is 4.79 Å². The molecule has 0 fully saturated rings. The van der Waals surface area contributed by atoms with Gasteiger partial charge in [-0.2, -0.15) is 0 Å². The Morgan fingerprint density at radius 3 is 2.85 bits per heavy atom. The van der Waals surface area contributed by atoms with Crippen molar-refractivity contribution in [3.63, 3.8) is 0 Å². The SMILES string of the molecule is CCCCN(CC(N)=O)Cc1cc(NCCC)ccn1. The van der Waals surface area contributed by atoms with Crippen LogP contribution in [0.4, 0.5) is 5.69 Å². The van der Waals surface area contributed by atoms with Crippen LogP contribution < -0.4 is 11.1 Å². The van der Waals surface area contributed by atoms with Crippen molar-refractivity contribution in [2.45, 2.75) is 39.7 Å². The van der Waals surface area contributed by atoms with E-state index in [1.165, 1.54) is 0 Å². The Kier molecular flexibility index (Phi) is 7.65. The molecule has 0 aliphatic heterocycles. The molecule has 1 heterocycles. The van der Waals surface area contributed by atoms with E-state index in [0.717, 1.165) is 43.7 Å². The number of amides is 1. The van der Waals surface area contributed by atoms with Crippen molar-refractivity contribution in [1.29, 1.82) is 0 Å². The van der Waals surface area contributed by atoms with E-state index < -0.39 is 0 Å². The highest BCUT2D eigenvalue weighted by atomic mass is 16.1. The summed E-state index contributed by atoms with van der Waals surface area (Å²) >= 11 is 0. The first-order chi connectivity index (χ1) is 9.65. The highest BCUT2D eigenvalue weighted by Crippen LogP contribution is 2.10. The van der Waals surface area contributed by atoms with Crippen molar-refractivity contribution >= 4 is 11.6 Å². The summed E-state index contributed by atoms with van der Waals surface area (Å²) in [6.07, 6.45) is 5.04. The summed E-state index contributed by atoms with van der Waals surface area (Å²) in [5, 5.41) is 3.34. The molecule has 0 atom stereocenters. The van der Waals surface area contributed by atoms with Crippen LogP contribution in [0.15, 0.2) is 18.3 Å². The largest absolute Gasteiger partial charge is 0.385 e. The molecular weight excluding hydrogens is 252 g/mol. The van der Waals surface area contributed by atoms with Crippen molar-refractivity contribution in [2.75, 3.05) is 25.0 Å². The first-order valence-corrected chi connectivity index (χ1v) is 7.35. The molecule has 5 nitrogen and oxygen atoms in total. The third kappa shape index (κ3) is 6.52. The lowest BCUT2D eigenvalue weighted by Crippen LogP contribution is -2.34. The molecule has 1 aromatic heterocycles. The number of carbonyl (C=O) groups excluding carboxylic acids is 1. The van der Waals surface area contributed by atoms with Gasteiger partial charge in [0.25, 0.3) is 0 Å². The maximum Gasteiger partial charge on any atom is 0.231 e. The van der Waals surface area contributed by atoms with Crippen LogP contribution in [0.3, 0.4) is 0 Å². The second-order valence-electron chi connectivity index (χ2n) is 4.99. The van der Waals surface area contributed by atoms with Gasteiger partial charge < -0.3 is 11.1 Å². The summed E-state index contributed by atoms with van der Waals surface area (Å²) in [5.41, 5.74) is 7.34. The van der Waals surface area contributed by atoms with Crippen molar-refractivity contribution < 1.29 is 4.79 Å². The van der Waals surface area contributed by atoms with Gasteiger partial charge in [0.1, 0.15) is 0 Å². The number of nitrogens with two attached hydrogens (primary N) is 1. The molecule has 1 rings (SSSR count). The first kappa shape index (κ1) is 16.4. The van der Waals surface area contributed by atoms with Crippen molar-refractivity contribution in [3.05, 3.63) is 24.0 Å². The van der Waals surface area contributed by atoms with Gasteiger partial charge in [0.15, 0.2) is 0 Å². The van der Waals surface area contributed by atoms with Gasteiger partial charge in [-0.15, -0.1) is 0 Å². The molecule has 0 aliphatic carbocycles. The van der Waals surface area contributed by atoms with Gasteiger partial charge in [-0.05, 0) is 31.5 Å². The number of rotatable bonds is 10. The number of nitrogens with zero attached hydrogens (tertiary/aromatic N) is 2. The Hall–Kier alpha value is -1.62. The second kappa shape index (κ2) is 9.31. The summed E-state index contributed by atoms with van der Waals surface area (Å²) in [6, 6.07) is 4.00. The lowest BCUT2D eigenvalue weighted by atomic mass is 10.2. The zero-order valence-corrected chi connectivity index (χ0v) is 12.6. The van der Waals surface area contributed by atoms with Crippen LogP contribution in [0, 0.1) is 0 Å². The molecule has 0 aromatic carbocycles. The third-order valence-corrected chi connectivity index (χ3v) is 2.99. The van der Waals surface area contributed by atoms with Crippen LogP contribution in [0.25, 0.3) is 0 Å². The number of hydrogen-bond donors (Lipinski definition) is 2. The van der Waals surface area contributed by atoms with Crippen LogP contribution in [-0.2, 0) is 11.3 Å². The number of nitrogens with one attached hydrogen (secondary N) is 1. The lowest BCUT2D eigenvalue weighted by Gasteiger charge is -2.20. The zero-order valence-electron chi connectivity index (χ0n) is 12.6. The van der Waals surface area contributed by atoms with Crippen molar-refractivity contribution in [1.82, 2.24) is 9.88 Å². The Morgan fingerprint density at radius 2 is 2.20 bits per heavy atom. The molecule has 0 spiro atoms. The standard InChI is InChI=1S/C15H26N4O/c1-3-5-9-19(12-15(16)20)11-14-10-13(6-8-18-14)17-7-4-2/h6,8,10H,3-5,7,9,11-12H2,1-2H3,(H2,16,20)(H,17,18). The average molecular weight is 278 g/mol. The van der Waals surface area contributed by atoms with E-state index in [-0.39, 0.29) is 12.5 Å². The molecule has 112 valence electrons. The Balaban J connectivity index is 2.63. The summed E-state index contributed by atoms with van der Waals surface area (Å²) in [5.74, 6) is -0.290. The molecule has 0 aliphatic rings. The predicted octanol–water partition coefficient (Wildman–Crippen LogP) is 1.99. The van der Waals surface area contributed by atoms with Crippen LogP contribution in [0.2, 0.25) is 0 Å². The lowest BCUT2D eigenvalue weighted by molar-refractivity contribution is -0.119. The van der Waals surface area contributed by atoms with E-state index in [1.807, 2.05) is 12.1 Å². The molecule has 0 saturated heterocycles. The predicted molar refractivity (Wildman–Crippen MR) is 82.4 cm³/mol. The number of hydrogen-bond acceptors (Lipinski definition) is 4. The van der Waals surface area contributed by atoms with Gasteiger partial charge in [0.2, 0.25) is 5.91 Å². The fourth-order valence-electron chi connectivity index (χ4n) is 1.99. The Labute approximate surface area is 121 Å². The van der Waals surface area contributed by atoms with E-state index in [2.05, 4.69) is 29.0 Å². The number of carbonyl (C=O) groups is 1. The topological polar surface area (TPSA) is 71.2 Å². The molecule has 0 radical (unpaired) electrons. The van der Waals surface area contributed by atoms with Gasteiger partial charge in [-0.25, -0.2) is 0 Å². The van der Waals surface area contributed by atoms with Gasteiger partial charge >= 0.3 is 0 Å². The van der Waals surface area contributed by atoms with E-state index in [1.54, 1.807) is 6.20 Å². The minimum atomic E-state index is -0.290. The van der Waals surface area contributed by atoms with Gasteiger partial charge in [0.05, 0.1) is 12.2 Å². The maximum absolute atomic E-state index is 11.1. The summed E-state index contributed by atoms with van der Waals surface area (Å²) in [7, 11) is 0. The summed E-state index contributed by atoms with van der Waals surface area (Å²) in [6.45, 7) is 7.03. The number of pyridine rings is 1. The molecule has 0 unspecified atom stereocenters. The van der Waals surface area contributed by atoms with Crippen LogP contribution >= 0.6 is 0 Å². The number of unbranched alkanes of at least 4 members (excludes halogenated alkanes) is 1. The minimum absolute atomic E-state index is 0.286. The number of anilines is 1. The molecule has 20 heavy (non-hydrogen) atoms. The molecule has 0 saturated carbocycles. The summed E-state index contributed by atoms with van der Waals surface area (Å²) in [4.78, 5) is 17.5. The molecule has 0 bridgehead atoms. The highest BCUT2D eigenvalue weighted by molar-refractivity contribution is 5.75. The van der Waals surface area contributed by atoms with Crippen molar-refractivity contribution in [3.8, 4) is 0 Å². The van der Waals surface area contributed by atoms with E-state index in [0.29, 0.717) is 6.54 Å². The smallest absolute Gasteiger partial charge is 0.231 e. The number of primary amides is 1. The molecule has 1 aromatic rings. The van der Waals surface area contributed by atoms with Gasteiger partial charge in [-0.3, -0.25) is 14.7 Å². The highest BCUT2D eigenvalue weighted by Gasteiger charge is 2.09. The fraction of sp³-hybridized carbons (Fsp3) is 0.600. The molecule has 1 amide bonds. The van der Waals surface area contributed by atoms with Crippen molar-refractivity contribution in [2.24, 2.45) is 5.73 Å². The van der Waals surface area contributed by atoms with E-state index >= 15 is 0 Å². The Morgan fingerprint density at radius 1 is 1.40 bits per heavy atom. The summed E-state index contributed by atoms with van der Waals surface area (Å²) < 4.78 is 0. The molecule has 3 N–H and O–H groups in total. The Bertz CT molecular complexity index is 409. The maximum atomic E-state index is 11.1. The quantitative estimate of drug-likeness (QED) is 0.686. The first-order valence-electron chi connectivity index (χ1n) is 7.35. The average Bonchev–Trinajstić information content (AvgIpc) is 2.42. The van der Waals surface area contributed by atoms with Gasteiger partial charge in [0, 0.05) is 25.0 Å². The monoisotopic (exact) mass is 278 g/mol.